The number of carbonyl (C=O) groups is 2. The van der Waals surface area contributed by atoms with E-state index >= 15 is 0 Å². The van der Waals surface area contributed by atoms with E-state index in [2.05, 4.69) is 40.9 Å². The molecule has 14 saturated heterocycles. The van der Waals surface area contributed by atoms with Crippen LogP contribution in [0, 0.1) is 23.7 Å². The third kappa shape index (κ3) is 9.93. The van der Waals surface area contributed by atoms with E-state index < -0.39 is 114 Å². The summed E-state index contributed by atoms with van der Waals surface area (Å²) in [5.41, 5.74) is 1.99. The molecule has 3 N–H and O–H groups in total. The second-order valence-electron chi connectivity index (χ2n) is 27.5. The summed E-state index contributed by atoms with van der Waals surface area (Å²) in [6.45, 7) is 17.6. The summed E-state index contributed by atoms with van der Waals surface area (Å²) in [4.78, 5) is 26.7. The van der Waals surface area contributed by atoms with E-state index in [9.17, 15) is 24.9 Å². The number of fused-ring (bicyclic) bond motifs is 13. The molecule has 14 aliphatic heterocycles. The third-order valence-electron chi connectivity index (χ3n) is 22.0. The maximum absolute atomic E-state index is 14.6. The lowest BCUT2D eigenvalue weighted by molar-refractivity contribution is -0.371. The predicted molar refractivity (Wildman–Crippen MR) is 282 cm³/mol. The molecule has 0 aliphatic carbocycles. The highest BCUT2D eigenvalue weighted by Crippen LogP contribution is 2.57. The fraction of sp³-hybridized carbons (Fsp3) is 0.902. The van der Waals surface area contributed by atoms with Crippen molar-refractivity contribution in [2.45, 2.75) is 307 Å². The highest BCUT2D eigenvalue weighted by atomic mass is 16.8. The summed E-state index contributed by atoms with van der Waals surface area (Å²) in [6.07, 6.45) is -3.30. The number of hydrogen-bond donors (Lipinski definition) is 3. The molecule has 0 aromatic carbocycles. The maximum Gasteiger partial charge on any atom is 0.308 e. The number of hydrogen-bond acceptors (Lipinski definition) is 21. The summed E-state index contributed by atoms with van der Waals surface area (Å²) >= 11 is 0. The zero-order valence-corrected chi connectivity index (χ0v) is 48.4. The Morgan fingerprint density at radius 2 is 1.27 bits per heavy atom. The van der Waals surface area contributed by atoms with Crippen molar-refractivity contribution in [2.75, 3.05) is 14.2 Å². The minimum atomic E-state index is -2.08. The van der Waals surface area contributed by atoms with Crippen molar-refractivity contribution in [3.05, 3.63) is 24.3 Å². The first-order valence-corrected chi connectivity index (χ1v) is 31.1. The lowest BCUT2D eigenvalue weighted by Gasteiger charge is -2.54. The standard InChI is InChI=1S/C61H88O21/c1-27-15-33-9-11-37-28(2)16-35(69-37)13-14-60-57(65)61(66,68-8)56(82-60)46-21-45(80-60)55-38(72-46)12-10-34(71-55)17-50(64)76-54-32(6)53-43(73-42(54)19-39(70-33)31(27)5)20-41-47(75-53)25-59(77-41)26-48-52(81-59)30(4)24-58(79-48)23-29(3)51-44(78-58)18-36(62)40(74-51)22-49(63)67-7/h27,29-30,32-48,51-57,62,65-66H,2,5,9-26H2,1,3-4,6-8H3/t27-,29+,30+,32+,33+,34-,35?,36-,37+,38+,39?,40-,41?,42+,43+,44+,45-,46?,47-,48?,51+,52+,53+,54-,55+,56+,57?,58-,59-,60-,61?/m1/s1. The smallest absolute Gasteiger partial charge is 0.308 e. The van der Waals surface area contributed by atoms with Crippen LogP contribution in [0.3, 0.4) is 0 Å². The molecule has 7 unspecified atom stereocenters. The largest absolute Gasteiger partial charge is 0.469 e. The van der Waals surface area contributed by atoms with Crippen molar-refractivity contribution in [3.63, 3.8) is 0 Å². The molecule has 14 fully saturated rings. The van der Waals surface area contributed by atoms with Crippen molar-refractivity contribution >= 4 is 11.9 Å². The van der Waals surface area contributed by atoms with E-state index in [4.69, 9.17) is 75.8 Å². The average Bonchev–Trinajstić information content (AvgIpc) is 4.15. The van der Waals surface area contributed by atoms with Gasteiger partial charge in [-0.05, 0) is 73.8 Å². The molecule has 14 heterocycles. The second kappa shape index (κ2) is 21.5. The van der Waals surface area contributed by atoms with Crippen LogP contribution in [0.2, 0.25) is 0 Å². The van der Waals surface area contributed by atoms with Gasteiger partial charge in [0.05, 0.1) is 136 Å². The number of carbonyl (C=O) groups excluding carboxylic acids is 2. The minimum absolute atomic E-state index is 0.0165. The summed E-state index contributed by atoms with van der Waals surface area (Å²) < 4.78 is 106. The van der Waals surface area contributed by atoms with Crippen molar-refractivity contribution < 1.29 is 101 Å². The molecule has 0 radical (unpaired) electrons. The number of rotatable bonds is 3. The number of aliphatic hydroxyl groups is 3. The minimum Gasteiger partial charge on any atom is -0.469 e. The Hall–Kier alpha value is -2.26. The third-order valence-corrected chi connectivity index (χ3v) is 22.0. The molecule has 14 rings (SSSR count). The fourth-order valence-electron chi connectivity index (χ4n) is 17.9. The van der Waals surface area contributed by atoms with Crippen molar-refractivity contribution in [2.24, 2.45) is 23.7 Å². The molecule has 3 spiro atoms. The first kappa shape index (κ1) is 57.5. The molecule has 21 nitrogen and oxygen atoms in total. The average molecular weight is 1160 g/mol. The number of methoxy groups -OCH3 is 2. The molecule has 10 bridgehead atoms. The van der Waals surface area contributed by atoms with E-state index in [1.165, 1.54) is 14.2 Å². The van der Waals surface area contributed by atoms with Crippen molar-refractivity contribution in [1.29, 1.82) is 0 Å². The lowest BCUT2D eigenvalue weighted by Crippen LogP contribution is -2.64. The van der Waals surface area contributed by atoms with Crippen LogP contribution in [0.5, 0.6) is 0 Å². The van der Waals surface area contributed by atoms with Gasteiger partial charge in [0.2, 0.25) is 11.6 Å². The topological polar surface area (TPSA) is 243 Å². The summed E-state index contributed by atoms with van der Waals surface area (Å²) in [6, 6.07) is 0. The fourth-order valence-corrected chi connectivity index (χ4v) is 17.9. The Morgan fingerprint density at radius 1 is 0.585 bits per heavy atom. The number of esters is 2. The Bertz CT molecular complexity index is 2450. The van der Waals surface area contributed by atoms with E-state index in [0.717, 1.165) is 24.0 Å². The van der Waals surface area contributed by atoms with Gasteiger partial charge in [0, 0.05) is 70.8 Å². The van der Waals surface area contributed by atoms with Crippen LogP contribution in [0.25, 0.3) is 0 Å². The molecule has 0 amide bonds. The van der Waals surface area contributed by atoms with E-state index in [0.29, 0.717) is 83.5 Å². The van der Waals surface area contributed by atoms with E-state index in [1.54, 1.807) is 0 Å². The normalized spacial score (nSPS) is 56.3. The first-order valence-electron chi connectivity index (χ1n) is 31.1. The van der Waals surface area contributed by atoms with Gasteiger partial charge >= 0.3 is 11.9 Å². The van der Waals surface area contributed by atoms with Crippen LogP contribution in [0.1, 0.15) is 143 Å². The van der Waals surface area contributed by atoms with Gasteiger partial charge in [-0.3, -0.25) is 9.59 Å². The summed E-state index contributed by atoms with van der Waals surface area (Å²) in [5.74, 6) is -6.45. The quantitative estimate of drug-likeness (QED) is 0.198. The molecule has 31 atom stereocenters. The molecule has 0 saturated carbocycles. The van der Waals surface area contributed by atoms with Gasteiger partial charge < -0.3 is 91.1 Å². The van der Waals surface area contributed by atoms with E-state index in [-0.39, 0.29) is 104 Å². The predicted octanol–water partition coefficient (Wildman–Crippen LogP) is 4.67. The zero-order valence-electron chi connectivity index (χ0n) is 48.4. The molecular formula is C61H88O21. The molecule has 0 aromatic heterocycles. The van der Waals surface area contributed by atoms with Gasteiger partial charge in [0.15, 0.2) is 17.7 Å². The summed E-state index contributed by atoms with van der Waals surface area (Å²) in [5, 5.41) is 34.9. The highest BCUT2D eigenvalue weighted by molar-refractivity contribution is 5.70. The zero-order chi connectivity index (χ0) is 56.9. The van der Waals surface area contributed by atoms with Crippen molar-refractivity contribution in [3.8, 4) is 0 Å². The van der Waals surface area contributed by atoms with Gasteiger partial charge in [0.25, 0.3) is 0 Å². The van der Waals surface area contributed by atoms with Crippen LogP contribution in [0.4, 0.5) is 0 Å². The number of ether oxygens (including phenoxy) is 16. The second-order valence-corrected chi connectivity index (χ2v) is 27.5. The molecule has 21 heteroatoms. The first-order chi connectivity index (χ1) is 39.2. The van der Waals surface area contributed by atoms with Crippen LogP contribution >= 0.6 is 0 Å². The van der Waals surface area contributed by atoms with Crippen LogP contribution in [-0.2, 0) is 85.4 Å². The Labute approximate surface area is 480 Å². The Balaban J connectivity index is 0.689. The molecular weight excluding hydrogens is 1070 g/mol. The monoisotopic (exact) mass is 1160 g/mol. The van der Waals surface area contributed by atoms with Gasteiger partial charge in [-0.25, -0.2) is 0 Å². The Kier molecular flexibility index (Phi) is 15.1. The maximum atomic E-state index is 14.6. The van der Waals surface area contributed by atoms with Gasteiger partial charge in [0.1, 0.15) is 18.3 Å². The Morgan fingerprint density at radius 3 is 2.07 bits per heavy atom. The molecule has 14 aliphatic rings. The van der Waals surface area contributed by atoms with Gasteiger partial charge in [-0.1, -0.05) is 40.9 Å². The van der Waals surface area contributed by atoms with Crippen LogP contribution < -0.4 is 0 Å². The highest BCUT2D eigenvalue weighted by Gasteiger charge is 2.72. The lowest BCUT2D eigenvalue weighted by atomic mass is 9.78. The van der Waals surface area contributed by atoms with Gasteiger partial charge in [-0.2, -0.15) is 0 Å². The summed E-state index contributed by atoms with van der Waals surface area (Å²) in [7, 11) is 2.69. The van der Waals surface area contributed by atoms with Gasteiger partial charge in [-0.15, -0.1) is 0 Å². The van der Waals surface area contributed by atoms with E-state index in [1.807, 2.05) is 0 Å². The van der Waals surface area contributed by atoms with Crippen molar-refractivity contribution in [1.82, 2.24) is 0 Å². The van der Waals surface area contributed by atoms with Crippen LogP contribution in [0.15, 0.2) is 24.3 Å². The van der Waals surface area contributed by atoms with Crippen LogP contribution in [-0.4, -0.2) is 205 Å². The molecule has 82 heavy (non-hydrogen) atoms. The molecule has 458 valence electrons. The SMILES string of the molecule is C=C1C2C[C@@H]3O[C@H]4CC5O[C@]6(CC7O[C@]8(C[C@H](C)[C@@H]9O[C@H](CC(=O)OC)[C@H](O)C[C@@H]9O8)C[C@H](C)[C@@H]7O6)C[C@H]5O[C@H]4[C@H](C)[C@H]3OC(=O)C[C@H]3CC[C@@H]4OC5C[C@@H](O[C@]6(CCC7CC(=C)[C@H](CC[C@@H](C[C@H]1C)O2)O7)O[C@@H]5C(O)(OC)C6O)[C@H]4O3. The molecule has 0 aromatic rings. The number of aliphatic hydroxyl groups excluding tert-OH is 2.